The first-order valence-corrected chi connectivity index (χ1v) is 7.67. The lowest BCUT2D eigenvalue weighted by atomic mass is 10.2. The molecule has 0 unspecified atom stereocenters. The molecule has 0 saturated heterocycles. The highest BCUT2D eigenvalue weighted by Crippen LogP contribution is 2.41. The van der Waals surface area contributed by atoms with Crippen molar-refractivity contribution >= 4 is 29.1 Å². The van der Waals surface area contributed by atoms with Crippen molar-refractivity contribution in [2.45, 2.75) is 16.5 Å². The van der Waals surface area contributed by atoms with E-state index in [1.54, 1.807) is 24.2 Å². The van der Waals surface area contributed by atoms with Crippen LogP contribution in [0.5, 0.6) is 0 Å². The van der Waals surface area contributed by atoms with Gasteiger partial charge in [-0.05, 0) is 17.7 Å². The highest BCUT2D eigenvalue weighted by molar-refractivity contribution is 7.99. The smallest absolute Gasteiger partial charge is 0.259 e. The average molecular weight is 330 g/mol. The van der Waals surface area contributed by atoms with E-state index in [0.29, 0.717) is 12.4 Å². The molecule has 1 aliphatic heterocycles. The predicted molar refractivity (Wildman–Crippen MR) is 87.9 cm³/mol. The molecule has 1 aromatic heterocycles. The number of aromatic nitrogens is 2. The second-order valence-electron chi connectivity index (χ2n) is 4.78. The fourth-order valence-electron chi connectivity index (χ4n) is 2.12. The standard InChI is InChI=1S/C14H14N6O2S/c1-15-12(8-20(21)22)18-7-9-2-3-11-10(6-9)19-13-14(23-11)17-5-4-16-13/h2-6H,7-8H2,1H3,(H,15,18)(H,16,19). The summed E-state index contributed by atoms with van der Waals surface area (Å²) < 4.78 is 0. The van der Waals surface area contributed by atoms with Gasteiger partial charge in [0.05, 0.1) is 5.69 Å². The van der Waals surface area contributed by atoms with Crippen LogP contribution in [-0.4, -0.2) is 34.3 Å². The number of nitro groups is 1. The Morgan fingerprint density at radius 3 is 3.04 bits per heavy atom. The molecule has 3 rings (SSSR count). The van der Waals surface area contributed by atoms with Crippen molar-refractivity contribution in [3.63, 3.8) is 0 Å². The lowest BCUT2D eigenvalue weighted by molar-refractivity contribution is -0.463. The molecule has 1 aromatic carbocycles. The number of hydrogen-bond acceptors (Lipinski definition) is 7. The Morgan fingerprint density at radius 1 is 1.43 bits per heavy atom. The van der Waals surface area contributed by atoms with Crippen molar-refractivity contribution in [3.05, 3.63) is 46.3 Å². The number of aliphatic imine (C=N–C) groups is 1. The van der Waals surface area contributed by atoms with E-state index in [4.69, 9.17) is 0 Å². The Balaban J connectivity index is 1.71. The highest BCUT2D eigenvalue weighted by atomic mass is 32.2. The molecule has 0 fully saturated rings. The minimum absolute atomic E-state index is 0.307. The topological polar surface area (TPSA) is 105 Å². The Bertz CT molecular complexity index is 780. The molecule has 23 heavy (non-hydrogen) atoms. The first-order valence-electron chi connectivity index (χ1n) is 6.86. The second-order valence-corrected chi connectivity index (χ2v) is 5.81. The van der Waals surface area contributed by atoms with E-state index < -0.39 is 4.92 Å². The third kappa shape index (κ3) is 3.57. The van der Waals surface area contributed by atoms with Gasteiger partial charge in [0.1, 0.15) is 5.03 Å². The second kappa shape index (κ2) is 6.61. The third-order valence-corrected chi connectivity index (χ3v) is 4.28. The predicted octanol–water partition coefficient (Wildman–Crippen LogP) is 2.08. The minimum atomic E-state index is -0.407. The van der Waals surface area contributed by atoms with Crippen molar-refractivity contribution < 1.29 is 4.92 Å². The molecule has 0 radical (unpaired) electrons. The number of nitrogens with zero attached hydrogens (tertiary/aromatic N) is 4. The lowest BCUT2D eigenvalue weighted by Gasteiger charge is -2.19. The van der Waals surface area contributed by atoms with Crippen molar-refractivity contribution in [3.8, 4) is 0 Å². The van der Waals surface area contributed by atoms with E-state index in [2.05, 4.69) is 25.6 Å². The molecular formula is C14H14N6O2S. The molecule has 0 saturated carbocycles. The molecule has 2 aromatic rings. The molecule has 118 valence electrons. The maximum atomic E-state index is 10.5. The number of fused-ring (bicyclic) bond motifs is 2. The van der Waals surface area contributed by atoms with E-state index in [1.807, 2.05) is 18.2 Å². The molecule has 8 nitrogen and oxygen atoms in total. The van der Waals surface area contributed by atoms with Crippen LogP contribution in [0.3, 0.4) is 0 Å². The molecule has 2 heterocycles. The summed E-state index contributed by atoms with van der Waals surface area (Å²) in [6.45, 7) is 0.159. The Morgan fingerprint density at radius 2 is 2.26 bits per heavy atom. The van der Waals surface area contributed by atoms with Crippen LogP contribution in [0.1, 0.15) is 5.56 Å². The molecule has 0 bridgehead atoms. The van der Waals surface area contributed by atoms with E-state index in [1.165, 1.54) is 7.05 Å². The highest BCUT2D eigenvalue weighted by Gasteiger charge is 2.17. The van der Waals surface area contributed by atoms with Gasteiger partial charge in [-0.1, -0.05) is 17.8 Å². The monoisotopic (exact) mass is 330 g/mol. The Kier molecular flexibility index (Phi) is 4.38. The van der Waals surface area contributed by atoms with Crippen LogP contribution in [0.2, 0.25) is 0 Å². The lowest BCUT2D eigenvalue weighted by Crippen LogP contribution is -2.29. The van der Waals surface area contributed by atoms with Gasteiger partial charge in [0.2, 0.25) is 0 Å². The summed E-state index contributed by atoms with van der Waals surface area (Å²) in [6.07, 6.45) is 3.31. The fraction of sp³-hybridized carbons (Fsp3) is 0.214. The van der Waals surface area contributed by atoms with Crippen LogP contribution < -0.4 is 10.6 Å². The molecule has 2 N–H and O–H groups in total. The number of amidine groups is 1. The van der Waals surface area contributed by atoms with Gasteiger partial charge in [-0.15, -0.1) is 0 Å². The number of hydrogen-bond donors (Lipinski definition) is 2. The van der Waals surface area contributed by atoms with Crippen LogP contribution in [0, 0.1) is 10.1 Å². The fourth-order valence-corrected chi connectivity index (χ4v) is 3.00. The van der Waals surface area contributed by atoms with Crippen LogP contribution in [0.15, 0.2) is 45.5 Å². The average Bonchev–Trinajstić information content (AvgIpc) is 2.56. The van der Waals surface area contributed by atoms with E-state index >= 15 is 0 Å². The van der Waals surface area contributed by atoms with Crippen molar-refractivity contribution in [1.82, 2.24) is 15.3 Å². The number of benzene rings is 1. The molecule has 9 heteroatoms. The largest absolute Gasteiger partial charge is 0.364 e. The van der Waals surface area contributed by atoms with Crippen molar-refractivity contribution in [2.24, 2.45) is 4.99 Å². The maximum absolute atomic E-state index is 10.5. The van der Waals surface area contributed by atoms with E-state index in [9.17, 15) is 10.1 Å². The number of rotatable bonds is 4. The van der Waals surface area contributed by atoms with Gasteiger partial charge in [-0.3, -0.25) is 15.1 Å². The Labute approximate surface area is 136 Å². The zero-order valence-corrected chi connectivity index (χ0v) is 13.1. The summed E-state index contributed by atoms with van der Waals surface area (Å²) in [7, 11) is 1.53. The van der Waals surface area contributed by atoms with Gasteiger partial charge >= 0.3 is 0 Å². The zero-order valence-electron chi connectivity index (χ0n) is 12.3. The first-order chi connectivity index (χ1) is 11.2. The van der Waals surface area contributed by atoms with E-state index in [-0.39, 0.29) is 6.54 Å². The molecule has 0 spiro atoms. The summed E-state index contributed by atoms with van der Waals surface area (Å²) in [4.78, 5) is 23.6. The Hall–Kier alpha value is -2.68. The summed E-state index contributed by atoms with van der Waals surface area (Å²) in [5.41, 5.74) is 1.94. The van der Waals surface area contributed by atoms with Crippen LogP contribution in [-0.2, 0) is 6.54 Å². The van der Waals surface area contributed by atoms with Crippen molar-refractivity contribution in [2.75, 3.05) is 18.9 Å². The molecule has 1 aliphatic rings. The summed E-state index contributed by atoms with van der Waals surface area (Å²) in [5, 5.41) is 17.6. The van der Waals surface area contributed by atoms with Crippen LogP contribution in [0.4, 0.5) is 11.5 Å². The number of nitrogens with one attached hydrogen (secondary N) is 2. The summed E-state index contributed by atoms with van der Waals surface area (Å²) in [5.74, 6) is 1.09. The van der Waals surface area contributed by atoms with Crippen LogP contribution in [0.25, 0.3) is 0 Å². The minimum Gasteiger partial charge on any atom is -0.364 e. The van der Waals surface area contributed by atoms with Gasteiger partial charge < -0.3 is 10.6 Å². The van der Waals surface area contributed by atoms with Gasteiger partial charge in [0, 0.05) is 35.8 Å². The van der Waals surface area contributed by atoms with Gasteiger partial charge in [-0.2, -0.15) is 0 Å². The molecule has 0 atom stereocenters. The number of anilines is 2. The quantitative estimate of drug-likeness (QED) is 0.326. The SMILES string of the molecule is CN=C(C[N+](=O)[O-])NCc1ccc2c(c1)Nc1nccnc1S2. The molecular weight excluding hydrogens is 316 g/mol. The van der Waals surface area contributed by atoms with E-state index in [0.717, 1.165) is 27.0 Å². The normalized spacial score (nSPS) is 12.8. The molecule has 0 amide bonds. The first kappa shape index (κ1) is 15.2. The zero-order chi connectivity index (χ0) is 16.2. The third-order valence-electron chi connectivity index (χ3n) is 3.21. The summed E-state index contributed by atoms with van der Waals surface area (Å²) in [6, 6.07) is 5.96. The van der Waals surface area contributed by atoms with Crippen LogP contribution >= 0.6 is 11.8 Å². The van der Waals surface area contributed by atoms with Gasteiger partial charge in [0.25, 0.3) is 6.54 Å². The van der Waals surface area contributed by atoms with Gasteiger partial charge in [0.15, 0.2) is 11.7 Å². The molecule has 0 aliphatic carbocycles. The summed E-state index contributed by atoms with van der Waals surface area (Å²) >= 11 is 1.56. The maximum Gasteiger partial charge on any atom is 0.259 e. The van der Waals surface area contributed by atoms with Crippen molar-refractivity contribution in [1.29, 1.82) is 0 Å². The van der Waals surface area contributed by atoms with Gasteiger partial charge in [-0.25, -0.2) is 9.97 Å².